The Balaban J connectivity index is 2.45. The van der Waals surface area contributed by atoms with Crippen LogP contribution >= 0.6 is 15.9 Å². The van der Waals surface area contributed by atoms with Crippen LogP contribution in [0.4, 0.5) is 10.1 Å². The minimum atomic E-state index is -0.753. The summed E-state index contributed by atoms with van der Waals surface area (Å²) in [5, 5.41) is 10.9. The number of carbonyl (C=O) groups is 1. The van der Waals surface area contributed by atoms with E-state index in [1.165, 1.54) is 18.2 Å². The third-order valence-corrected chi connectivity index (χ3v) is 3.20. The molecule has 6 nitrogen and oxygen atoms in total. The number of nitrogens with two attached hydrogens (primary N) is 1. The molecule has 2 aromatic carbocycles. The molecule has 0 aliphatic rings. The Labute approximate surface area is 126 Å². The van der Waals surface area contributed by atoms with E-state index in [4.69, 9.17) is 10.5 Å². The standard InChI is InChI=1S/C13H8BrFN2O4/c14-9-3-2-8(6-10(9)15)21-12-5-7(13(16)18)1-4-11(12)17(19)20/h1-6H,(H2,16,18). The Morgan fingerprint density at radius 3 is 2.57 bits per heavy atom. The van der Waals surface area contributed by atoms with Gasteiger partial charge in [0.25, 0.3) is 0 Å². The number of hydrogen-bond acceptors (Lipinski definition) is 4. The van der Waals surface area contributed by atoms with E-state index >= 15 is 0 Å². The molecule has 0 aromatic heterocycles. The van der Waals surface area contributed by atoms with Crippen LogP contribution in [0.3, 0.4) is 0 Å². The zero-order valence-corrected chi connectivity index (χ0v) is 12.0. The van der Waals surface area contributed by atoms with Gasteiger partial charge in [0.1, 0.15) is 11.6 Å². The van der Waals surface area contributed by atoms with Crippen LogP contribution in [-0.4, -0.2) is 10.8 Å². The third-order valence-electron chi connectivity index (χ3n) is 2.56. The van der Waals surface area contributed by atoms with Crippen LogP contribution < -0.4 is 10.5 Å². The lowest BCUT2D eigenvalue weighted by atomic mass is 10.2. The Bertz CT molecular complexity index is 736. The first-order chi connectivity index (χ1) is 9.88. The molecule has 0 saturated heterocycles. The molecule has 0 atom stereocenters. The maximum absolute atomic E-state index is 13.4. The topological polar surface area (TPSA) is 95.5 Å². The quantitative estimate of drug-likeness (QED) is 0.672. The van der Waals surface area contributed by atoms with E-state index in [2.05, 4.69) is 15.9 Å². The predicted octanol–water partition coefficient (Wildman–Crippen LogP) is 3.39. The molecule has 0 saturated carbocycles. The number of hydrogen-bond donors (Lipinski definition) is 1. The van der Waals surface area contributed by atoms with E-state index in [1.807, 2.05) is 0 Å². The van der Waals surface area contributed by atoms with E-state index in [9.17, 15) is 19.3 Å². The summed E-state index contributed by atoms with van der Waals surface area (Å²) in [5.74, 6) is -1.48. The fourth-order valence-electron chi connectivity index (χ4n) is 1.57. The fourth-order valence-corrected chi connectivity index (χ4v) is 1.81. The van der Waals surface area contributed by atoms with Crippen molar-refractivity contribution < 1.29 is 18.8 Å². The molecule has 0 spiro atoms. The summed E-state index contributed by atoms with van der Waals surface area (Å²) in [6.07, 6.45) is 0. The molecule has 0 aliphatic carbocycles. The van der Waals surface area contributed by atoms with Crippen molar-refractivity contribution in [1.82, 2.24) is 0 Å². The van der Waals surface area contributed by atoms with E-state index in [-0.39, 0.29) is 27.2 Å². The normalized spacial score (nSPS) is 10.2. The minimum absolute atomic E-state index is 0.0492. The number of ether oxygens (including phenoxy) is 1. The smallest absolute Gasteiger partial charge is 0.311 e. The highest BCUT2D eigenvalue weighted by molar-refractivity contribution is 9.10. The van der Waals surface area contributed by atoms with Gasteiger partial charge in [0.05, 0.1) is 9.40 Å². The molecule has 2 rings (SSSR count). The lowest BCUT2D eigenvalue weighted by Gasteiger charge is -2.08. The molecule has 0 heterocycles. The molecule has 2 N–H and O–H groups in total. The Hall–Kier alpha value is -2.48. The Morgan fingerprint density at radius 2 is 2.00 bits per heavy atom. The van der Waals surface area contributed by atoms with Crippen LogP contribution in [0, 0.1) is 15.9 Å². The summed E-state index contributed by atoms with van der Waals surface area (Å²) in [7, 11) is 0. The number of carbonyl (C=O) groups excluding carboxylic acids is 1. The maximum Gasteiger partial charge on any atom is 0.311 e. The first kappa shape index (κ1) is 14.9. The molecule has 2 aromatic rings. The number of rotatable bonds is 4. The van der Waals surface area contributed by atoms with Crippen LogP contribution in [0.5, 0.6) is 11.5 Å². The van der Waals surface area contributed by atoms with E-state index in [1.54, 1.807) is 0 Å². The van der Waals surface area contributed by atoms with Gasteiger partial charge in [0.15, 0.2) is 0 Å². The number of amides is 1. The van der Waals surface area contributed by atoms with Crippen LogP contribution in [0.2, 0.25) is 0 Å². The lowest BCUT2D eigenvalue weighted by Crippen LogP contribution is -2.11. The number of nitro benzene ring substituents is 1. The van der Waals surface area contributed by atoms with Gasteiger partial charge >= 0.3 is 5.69 Å². The zero-order valence-electron chi connectivity index (χ0n) is 10.4. The SMILES string of the molecule is NC(=O)c1ccc([N+](=O)[O-])c(Oc2ccc(Br)c(F)c2)c1. The van der Waals surface area contributed by atoms with Crippen molar-refractivity contribution in [3.63, 3.8) is 0 Å². The Morgan fingerprint density at radius 1 is 1.29 bits per heavy atom. The van der Waals surface area contributed by atoms with Gasteiger partial charge in [-0.05, 0) is 34.1 Å². The van der Waals surface area contributed by atoms with Gasteiger partial charge in [-0.2, -0.15) is 0 Å². The number of nitrogens with zero attached hydrogens (tertiary/aromatic N) is 1. The first-order valence-electron chi connectivity index (χ1n) is 5.59. The zero-order chi connectivity index (χ0) is 15.6. The van der Waals surface area contributed by atoms with Crippen molar-refractivity contribution in [2.75, 3.05) is 0 Å². The highest BCUT2D eigenvalue weighted by atomic mass is 79.9. The summed E-state index contributed by atoms with van der Waals surface area (Å²) in [6, 6.07) is 7.34. The maximum atomic E-state index is 13.4. The van der Waals surface area contributed by atoms with Crippen molar-refractivity contribution in [1.29, 1.82) is 0 Å². The molecule has 1 amide bonds. The van der Waals surface area contributed by atoms with Gasteiger partial charge in [-0.1, -0.05) is 0 Å². The third kappa shape index (κ3) is 3.34. The van der Waals surface area contributed by atoms with Gasteiger partial charge < -0.3 is 10.5 Å². The molecule has 21 heavy (non-hydrogen) atoms. The monoisotopic (exact) mass is 354 g/mol. The fraction of sp³-hybridized carbons (Fsp3) is 0. The molecule has 0 radical (unpaired) electrons. The van der Waals surface area contributed by atoms with Crippen molar-refractivity contribution in [2.24, 2.45) is 5.73 Å². The largest absolute Gasteiger partial charge is 0.450 e. The second kappa shape index (κ2) is 5.88. The average Bonchev–Trinajstić information content (AvgIpc) is 2.42. The average molecular weight is 355 g/mol. The highest BCUT2D eigenvalue weighted by Gasteiger charge is 2.18. The predicted molar refractivity (Wildman–Crippen MR) is 75.8 cm³/mol. The van der Waals surface area contributed by atoms with Crippen molar-refractivity contribution in [3.05, 3.63) is 62.4 Å². The van der Waals surface area contributed by atoms with E-state index in [0.717, 1.165) is 18.2 Å². The van der Waals surface area contributed by atoms with Crippen LogP contribution in [-0.2, 0) is 0 Å². The van der Waals surface area contributed by atoms with Crippen LogP contribution in [0.1, 0.15) is 10.4 Å². The summed E-state index contributed by atoms with van der Waals surface area (Å²) in [6.45, 7) is 0. The molecular weight excluding hydrogens is 347 g/mol. The summed E-state index contributed by atoms with van der Waals surface area (Å²) in [4.78, 5) is 21.4. The number of halogens is 2. The molecular formula is C13H8BrFN2O4. The minimum Gasteiger partial charge on any atom is -0.450 e. The van der Waals surface area contributed by atoms with Crippen LogP contribution in [0.25, 0.3) is 0 Å². The second-order valence-electron chi connectivity index (χ2n) is 3.98. The van der Waals surface area contributed by atoms with Gasteiger partial charge in [0.2, 0.25) is 11.7 Å². The van der Waals surface area contributed by atoms with E-state index < -0.39 is 16.6 Å². The van der Waals surface area contributed by atoms with Crippen LogP contribution in [0.15, 0.2) is 40.9 Å². The number of benzene rings is 2. The lowest BCUT2D eigenvalue weighted by molar-refractivity contribution is -0.385. The molecule has 0 fully saturated rings. The summed E-state index contributed by atoms with van der Waals surface area (Å²) >= 11 is 2.98. The number of nitro groups is 1. The highest BCUT2D eigenvalue weighted by Crippen LogP contribution is 2.33. The van der Waals surface area contributed by atoms with E-state index in [0.29, 0.717) is 0 Å². The number of primary amides is 1. The molecule has 0 aliphatic heterocycles. The van der Waals surface area contributed by atoms with Crippen molar-refractivity contribution in [2.45, 2.75) is 0 Å². The molecule has 108 valence electrons. The summed E-state index contributed by atoms with van der Waals surface area (Å²) < 4.78 is 18.9. The van der Waals surface area contributed by atoms with Gasteiger partial charge in [-0.25, -0.2) is 4.39 Å². The molecule has 8 heteroatoms. The summed E-state index contributed by atoms with van der Waals surface area (Å²) in [5.41, 5.74) is 4.81. The van der Waals surface area contributed by atoms with Crippen molar-refractivity contribution >= 4 is 27.5 Å². The van der Waals surface area contributed by atoms with Crippen molar-refractivity contribution in [3.8, 4) is 11.5 Å². The first-order valence-corrected chi connectivity index (χ1v) is 6.39. The van der Waals surface area contributed by atoms with Gasteiger partial charge in [-0.3, -0.25) is 14.9 Å². The molecule has 0 unspecified atom stereocenters. The molecule has 0 bridgehead atoms. The van der Waals surface area contributed by atoms with Gasteiger partial charge in [0, 0.05) is 23.8 Å². The van der Waals surface area contributed by atoms with Gasteiger partial charge in [-0.15, -0.1) is 0 Å². The Kier molecular flexibility index (Phi) is 4.18. The second-order valence-corrected chi connectivity index (χ2v) is 4.84.